The van der Waals surface area contributed by atoms with Crippen molar-refractivity contribution >= 4 is 59.3 Å². The van der Waals surface area contributed by atoms with Gasteiger partial charge in [-0.05, 0) is 94.0 Å². The molecule has 0 amide bonds. The maximum atomic E-state index is 13.4. The van der Waals surface area contributed by atoms with Crippen LogP contribution in [-0.4, -0.2) is 55.1 Å². The standard InChI is InChI=1S/C44H46N2O12S2/c1-4-36(47)54-25-27(3)55-38(49)20-19-37(48)53-22-21-28-7-15-33(16-8-28)56-41(50)30-11-13-31(14-12-30)43(52)58-35-18-17-34(57-42(51)29-9-5-26(2)6-10-29)39-40(35)60-44(59-39)32(23-45)24-46/h4,7-8,15-18,26-27,29-31H,1,5-6,9-14,19-22,25H2,2-3H3. The molecule has 1 aliphatic heterocycles. The molecule has 2 saturated carbocycles. The molecule has 2 aromatic rings. The number of thioether (sulfide) groups is 2. The van der Waals surface area contributed by atoms with Gasteiger partial charge in [0.25, 0.3) is 0 Å². The van der Waals surface area contributed by atoms with Gasteiger partial charge < -0.3 is 28.4 Å². The van der Waals surface area contributed by atoms with Crippen LogP contribution in [0.3, 0.4) is 0 Å². The predicted molar refractivity (Wildman–Crippen MR) is 217 cm³/mol. The molecule has 0 spiro atoms. The number of hydrogen-bond acceptors (Lipinski definition) is 16. The van der Waals surface area contributed by atoms with Gasteiger partial charge >= 0.3 is 35.8 Å². The maximum Gasteiger partial charge on any atom is 0.330 e. The zero-order valence-corrected chi connectivity index (χ0v) is 35.1. The summed E-state index contributed by atoms with van der Waals surface area (Å²) in [5.74, 6) is -2.65. The highest BCUT2D eigenvalue weighted by Gasteiger charge is 2.35. The predicted octanol–water partition coefficient (Wildman–Crippen LogP) is 7.72. The number of rotatable bonds is 16. The van der Waals surface area contributed by atoms with Crippen molar-refractivity contribution in [1.82, 2.24) is 0 Å². The molecule has 1 atom stereocenters. The molecule has 5 rings (SSSR count). The number of carbonyl (C=O) groups is 6. The SMILES string of the molecule is C=CC(=O)OCC(C)OC(=O)CCC(=O)OCCc1ccc(OC(=O)C2CCC(C(=O)Oc3ccc(OC(=O)C4CCC(C)CC4)c4c3SC(=C(C#N)C#N)S4)CC2)cc1. The van der Waals surface area contributed by atoms with Crippen molar-refractivity contribution in [3.8, 4) is 29.4 Å². The van der Waals surface area contributed by atoms with Crippen molar-refractivity contribution in [2.24, 2.45) is 23.7 Å². The van der Waals surface area contributed by atoms with E-state index in [4.69, 9.17) is 28.4 Å². The average Bonchev–Trinajstić information content (AvgIpc) is 3.70. The van der Waals surface area contributed by atoms with Crippen molar-refractivity contribution in [3.63, 3.8) is 0 Å². The van der Waals surface area contributed by atoms with Gasteiger partial charge in [-0.3, -0.25) is 24.0 Å². The first kappa shape index (κ1) is 45.5. The topological polar surface area (TPSA) is 205 Å². The minimum Gasteiger partial charge on any atom is -0.465 e. The number of allylic oxidation sites excluding steroid dienone is 1. The van der Waals surface area contributed by atoms with E-state index in [9.17, 15) is 39.3 Å². The van der Waals surface area contributed by atoms with Crippen LogP contribution in [0.2, 0.25) is 0 Å². The molecule has 60 heavy (non-hydrogen) atoms. The third-order valence-electron chi connectivity index (χ3n) is 10.3. The van der Waals surface area contributed by atoms with E-state index in [-0.39, 0.29) is 49.3 Å². The molecule has 0 aromatic heterocycles. The molecule has 2 fully saturated rings. The minimum atomic E-state index is -0.676. The van der Waals surface area contributed by atoms with Crippen LogP contribution in [-0.2, 0) is 49.4 Å². The van der Waals surface area contributed by atoms with Crippen molar-refractivity contribution in [2.45, 2.75) is 100 Å². The summed E-state index contributed by atoms with van der Waals surface area (Å²) in [6, 6.07) is 13.8. The second-order valence-corrected chi connectivity index (χ2v) is 17.1. The zero-order valence-electron chi connectivity index (χ0n) is 33.4. The van der Waals surface area contributed by atoms with Gasteiger partial charge in [0.15, 0.2) is 0 Å². The maximum absolute atomic E-state index is 13.4. The summed E-state index contributed by atoms with van der Waals surface area (Å²) in [6.07, 6.45) is 5.42. The molecule has 14 nitrogen and oxygen atoms in total. The Bertz CT molecular complexity index is 2050. The average molecular weight is 859 g/mol. The van der Waals surface area contributed by atoms with Crippen molar-refractivity contribution in [1.29, 1.82) is 10.5 Å². The van der Waals surface area contributed by atoms with E-state index >= 15 is 0 Å². The summed E-state index contributed by atoms with van der Waals surface area (Å²) in [7, 11) is 0. The largest absolute Gasteiger partial charge is 0.465 e. The molecule has 0 saturated heterocycles. The number of hydrogen-bond donors (Lipinski definition) is 0. The Morgan fingerprint density at radius 3 is 1.75 bits per heavy atom. The third-order valence-corrected chi connectivity index (χ3v) is 12.9. The smallest absolute Gasteiger partial charge is 0.330 e. The van der Waals surface area contributed by atoms with E-state index in [1.807, 2.05) is 12.1 Å². The van der Waals surface area contributed by atoms with E-state index in [1.165, 1.54) is 0 Å². The summed E-state index contributed by atoms with van der Waals surface area (Å²) < 4.78 is 32.9. The van der Waals surface area contributed by atoms with Crippen molar-refractivity contribution in [3.05, 3.63) is 64.4 Å². The molecule has 2 aliphatic carbocycles. The van der Waals surface area contributed by atoms with E-state index in [2.05, 4.69) is 13.5 Å². The van der Waals surface area contributed by atoms with Crippen LogP contribution in [0, 0.1) is 46.3 Å². The molecule has 1 heterocycles. The Morgan fingerprint density at radius 2 is 1.23 bits per heavy atom. The first-order chi connectivity index (χ1) is 28.9. The quantitative estimate of drug-likeness (QED) is 0.0521. The lowest BCUT2D eigenvalue weighted by molar-refractivity contribution is -0.157. The minimum absolute atomic E-state index is 0.0783. The van der Waals surface area contributed by atoms with Crippen LogP contribution in [0.4, 0.5) is 0 Å². The van der Waals surface area contributed by atoms with E-state index in [0.29, 0.717) is 63.5 Å². The molecular formula is C44H46N2O12S2. The Morgan fingerprint density at radius 1 is 0.733 bits per heavy atom. The Labute approximate surface area is 356 Å². The van der Waals surface area contributed by atoms with Gasteiger partial charge in [-0.2, -0.15) is 10.5 Å². The summed E-state index contributed by atoms with van der Waals surface area (Å²) >= 11 is 2.26. The second kappa shape index (κ2) is 22.1. The van der Waals surface area contributed by atoms with Crippen LogP contribution in [0.25, 0.3) is 0 Å². The highest BCUT2D eigenvalue weighted by molar-refractivity contribution is 8.24. The van der Waals surface area contributed by atoms with Crippen LogP contribution in [0.15, 0.2) is 68.7 Å². The summed E-state index contributed by atoms with van der Waals surface area (Å²) in [6.45, 7) is 6.96. The van der Waals surface area contributed by atoms with E-state index in [0.717, 1.165) is 60.8 Å². The number of esters is 6. The fourth-order valence-corrected chi connectivity index (χ4v) is 9.29. The Kier molecular flexibility index (Phi) is 16.8. The van der Waals surface area contributed by atoms with Crippen molar-refractivity contribution in [2.75, 3.05) is 13.2 Å². The first-order valence-corrected chi connectivity index (χ1v) is 21.5. The Balaban J connectivity index is 1.05. The molecule has 316 valence electrons. The van der Waals surface area contributed by atoms with E-state index < -0.39 is 47.8 Å². The number of benzene rings is 2. The Hall–Kier alpha value is -5.58. The lowest BCUT2D eigenvalue weighted by Crippen LogP contribution is -2.30. The molecule has 2 aromatic carbocycles. The second-order valence-electron chi connectivity index (χ2n) is 14.8. The van der Waals surface area contributed by atoms with Gasteiger partial charge in [0.1, 0.15) is 47.7 Å². The number of carbonyl (C=O) groups excluding carboxylic acids is 6. The van der Waals surface area contributed by atoms with Crippen molar-refractivity contribution < 1.29 is 57.2 Å². The van der Waals surface area contributed by atoms with Crippen LogP contribution in [0.5, 0.6) is 17.2 Å². The highest BCUT2D eigenvalue weighted by atomic mass is 32.2. The van der Waals surface area contributed by atoms with Crippen LogP contribution in [0.1, 0.15) is 83.6 Å². The van der Waals surface area contributed by atoms with E-state index in [1.54, 1.807) is 43.3 Å². The van der Waals surface area contributed by atoms with Gasteiger partial charge in [-0.1, -0.05) is 49.2 Å². The lowest BCUT2D eigenvalue weighted by Gasteiger charge is -2.26. The third kappa shape index (κ3) is 13.0. The fourth-order valence-electron chi connectivity index (χ4n) is 6.81. The summed E-state index contributed by atoms with van der Waals surface area (Å²) in [4.78, 5) is 75.7. The molecule has 0 radical (unpaired) electrons. The number of fused-ring (bicyclic) bond motifs is 1. The van der Waals surface area contributed by atoms with Crippen LogP contribution < -0.4 is 14.2 Å². The molecule has 0 bridgehead atoms. The first-order valence-electron chi connectivity index (χ1n) is 19.8. The molecule has 3 aliphatic rings. The zero-order chi connectivity index (χ0) is 43.2. The van der Waals surface area contributed by atoms with Gasteiger partial charge in [0.2, 0.25) is 0 Å². The van der Waals surface area contributed by atoms with Gasteiger partial charge in [-0.25, -0.2) is 4.79 Å². The number of ether oxygens (including phenoxy) is 6. The molecule has 0 N–H and O–H groups in total. The van der Waals surface area contributed by atoms with Crippen LogP contribution >= 0.6 is 23.5 Å². The monoisotopic (exact) mass is 858 g/mol. The number of nitriles is 2. The fraction of sp³-hybridized carbons (Fsp3) is 0.455. The van der Waals surface area contributed by atoms with Gasteiger partial charge in [0, 0.05) is 12.5 Å². The number of nitrogens with zero attached hydrogens (tertiary/aromatic N) is 2. The molecule has 16 heteroatoms. The normalized spacial score (nSPS) is 19.8. The van der Waals surface area contributed by atoms with Gasteiger partial charge in [0.05, 0.1) is 51.2 Å². The molecule has 1 unspecified atom stereocenters. The lowest BCUT2D eigenvalue weighted by atomic mass is 9.82. The van der Waals surface area contributed by atoms with Gasteiger partial charge in [-0.15, -0.1) is 0 Å². The summed E-state index contributed by atoms with van der Waals surface area (Å²) in [5, 5.41) is 19.1. The summed E-state index contributed by atoms with van der Waals surface area (Å²) in [5.41, 5.74) is 0.741. The highest BCUT2D eigenvalue weighted by Crippen LogP contribution is 2.59. The molecular weight excluding hydrogens is 813 g/mol.